The lowest BCUT2D eigenvalue weighted by atomic mass is 10.1. The van der Waals surface area contributed by atoms with E-state index in [0.717, 1.165) is 29.1 Å². The lowest BCUT2D eigenvalue weighted by Gasteiger charge is -2.13. The Morgan fingerprint density at radius 1 is 1.10 bits per heavy atom. The van der Waals surface area contributed by atoms with E-state index in [2.05, 4.69) is 17.1 Å². The highest BCUT2D eigenvalue weighted by molar-refractivity contribution is 6.43. The number of aliphatic imine (C=N–C) groups is 1. The van der Waals surface area contributed by atoms with Crippen LogP contribution in [0.2, 0.25) is 0 Å². The fraction of sp³-hybridized carbons (Fsp3) is 0.348. The molecule has 2 aromatic rings. The van der Waals surface area contributed by atoms with Crippen LogP contribution in [0.5, 0.6) is 11.5 Å². The average molecular weight is 412 g/mol. The van der Waals surface area contributed by atoms with Gasteiger partial charge < -0.3 is 19.2 Å². The third-order valence-corrected chi connectivity index (χ3v) is 4.39. The van der Waals surface area contributed by atoms with Gasteiger partial charge in [-0.2, -0.15) is 0 Å². The molecule has 0 radical (unpaired) electrons. The minimum Gasteiger partial charge on any atom is -0.461 e. The first-order valence-electron chi connectivity index (χ1n) is 9.81. The fourth-order valence-corrected chi connectivity index (χ4v) is 2.57. The highest BCUT2D eigenvalue weighted by Gasteiger charge is 2.16. The number of carbonyl (C=O) groups excluding carboxylic acids is 1. The van der Waals surface area contributed by atoms with Crippen molar-refractivity contribution in [3.8, 4) is 11.5 Å². The molecule has 2 aromatic carbocycles. The van der Waals surface area contributed by atoms with E-state index in [1.807, 2.05) is 44.3 Å². The summed E-state index contributed by atoms with van der Waals surface area (Å²) in [4.78, 5) is 23.4. The number of nitrogens with zero attached hydrogens (tertiary/aromatic N) is 3. The SMILES string of the molecule is CCOC(=O)/C(=N/OC)c1ccc(Oc2cc(C)c(N=CN(C)CC)cc2C)cc1. The molecule has 160 valence electrons. The van der Waals surface area contributed by atoms with Gasteiger partial charge in [0.15, 0.2) is 5.71 Å². The first kappa shape index (κ1) is 22.9. The van der Waals surface area contributed by atoms with Crippen molar-refractivity contribution in [2.75, 3.05) is 27.3 Å². The number of ether oxygens (including phenoxy) is 2. The van der Waals surface area contributed by atoms with Crippen LogP contribution in [0, 0.1) is 13.8 Å². The van der Waals surface area contributed by atoms with Crippen molar-refractivity contribution in [3.63, 3.8) is 0 Å². The van der Waals surface area contributed by atoms with Crippen molar-refractivity contribution in [1.82, 2.24) is 4.90 Å². The maximum Gasteiger partial charge on any atom is 0.361 e. The number of hydrogen-bond donors (Lipinski definition) is 0. The predicted molar refractivity (Wildman–Crippen MR) is 119 cm³/mol. The van der Waals surface area contributed by atoms with Crippen LogP contribution < -0.4 is 4.74 Å². The van der Waals surface area contributed by atoms with Crippen LogP contribution in [0.15, 0.2) is 46.5 Å². The molecule has 7 nitrogen and oxygen atoms in total. The van der Waals surface area contributed by atoms with E-state index in [0.29, 0.717) is 11.3 Å². The largest absolute Gasteiger partial charge is 0.461 e. The molecule has 0 spiro atoms. The van der Waals surface area contributed by atoms with Crippen molar-refractivity contribution < 1.29 is 19.1 Å². The van der Waals surface area contributed by atoms with E-state index in [9.17, 15) is 4.79 Å². The number of esters is 1. The Hall–Kier alpha value is -3.35. The number of carbonyl (C=O) groups is 1. The molecule has 0 saturated heterocycles. The molecule has 0 amide bonds. The van der Waals surface area contributed by atoms with Gasteiger partial charge in [0.25, 0.3) is 0 Å². The lowest BCUT2D eigenvalue weighted by molar-refractivity contribution is -0.135. The van der Waals surface area contributed by atoms with Gasteiger partial charge in [0.1, 0.15) is 18.6 Å². The normalized spacial score (nSPS) is 11.5. The summed E-state index contributed by atoms with van der Waals surface area (Å²) in [5, 5.41) is 3.78. The van der Waals surface area contributed by atoms with E-state index in [-0.39, 0.29) is 12.3 Å². The molecule has 0 atom stereocenters. The maximum absolute atomic E-state index is 12.1. The van der Waals surface area contributed by atoms with Crippen molar-refractivity contribution in [2.24, 2.45) is 10.1 Å². The molecule has 0 unspecified atom stereocenters. The average Bonchev–Trinajstić information content (AvgIpc) is 2.74. The summed E-state index contributed by atoms with van der Waals surface area (Å²) in [5.74, 6) is 0.854. The second kappa shape index (κ2) is 11.0. The third kappa shape index (κ3) is 6.07. The van der Waals surface area contributed by atoms with Crippen molar-refractivity contribution in [3.05, 3.63) is 53.1 Å². The van der Waals surface area contributed by atoms with Gasteiger partial charge in [0.2, 0.25) is 0 Å². The van der Waals surface area contributed by atoms with Gasteiger partial charge in [-0.1, -0.05) is 5.16 Å². The molecule has 0 bridgehead atoms. The van der Waals surface area contributed by atoms with Crippen LogP contribution in [-0.4, -0.2) is 50.2 Å². The van der Waals surface area contributed by atoms with E-state index in [1.54, 1.807) is 31.2 Å². The van der Waals surface area contributed by atoms with E-state index in [1.165, 1.54) is 7.11 Å². The van der Waals surface area contributed by atoms with Gasteiger partial charge in [-0.25, -0.2) is 9.79 Å². The van der Waals surface area contributed by atoms with Crippen LogP contribution in [0.4, 0.5) is 5.69 Å². The molecule has 7 heteroatoms. The van der Waals surface area contributed by atoms with Gasteiger partial charge in [0.05, 0.1) is 18.6 Å². The summed E-state index contributed by atoms with van der Waals surface area (Å²) >= 11 is 0. The highest BCUT2D eigenvalue weighted by Crippen LogP contribution is 2.31. The number of hydrogen-bond acceptors (Lipinski definition) is 6. The molecule has 30 heavy (non-hydrogen) atoms. The third-order valence-electron chi connectivity index (χ3n) is 4.39. The van der Waals surface area contributed by atoms with Gasteiger partial charge >= 0.3 is 5.97 Å². The van der Waals surface area contributed by atoms with Crippen LogP contribution in [-0.2, 0) is 14.4 Å². The second-order valence-corrected chi connectivity index (χ2v) is 6.69. The summed E-state index contributed by atoms with van der Waals surface area (Å²) in [6.07, 6.45) is 1.82. The summed E-state index contributed by atoms with van der Waals surface area (Å²) in [5.41, 5.74) is 3.59. The predicted octanol–water partition coefficient (Wildman–Crippen LogP) is 4.62. The molecule has 0 aliphatic rings. The molecule has 0 fully saturated rings. The first-order chi connectivity index (χ1) is 14.4. The van der Waals surface area contributed by atoms with Crippen LogP contribution in [0.25, 0.3) is 0 Å². The summed E-state index contributed by atoms with van der Waals surface area (Å²) in [6.45, 7) is 8.95. The molecule has 0 aromatic heterocycles. The molecular formula is C23H29N3O4. The Kier molecular flexibility index (Phi) is 8.41. The zero-order valence-electron chi connectivity index (χ0n) is 18.4. The zero-order chi connectivity index (χ0) is 22.1. The number of aryl methyl sites for hydroxylation is 2. The first-order valence-corrected chi connectivity index (χ1v) is 9.81. The van der Waals surface area contributed by atoms with Gasteiger partial charge in [-0.15, -0.1) is 0 Å². The van der Waals surface area contributed by atoms with E-state index in [4.69, 9.17) is 14.3 Å². The fourth-order valence-electron chi connectivity index (χ4n) is 2.57. The maximum atomic E-state index is 12.1. The molecular weight excluding hydrogens is 382 g/mol. The van der Waals surface area contributed by atoms with Crippen LogP contribution in [0.1, 0.15) is 30.5 Å². The van der Waals surface area contributed by atoms with Gasteiger partial charge in [-0.3, -0.25) is 0 Å². The number of benzene rings is 2. The molecule has 2 rings (SSSR count). The monoisotopic (exact) mass is 411 g/mol. The Morgan fingerprint density at radius 3 is 2.40 bits per heavy atom. The molecule has 0 aliphatic carbocycles. The summed E-state index contributed by atoms with van der Waals surface area (Å²) in [7, 11) is 3.37. The van der Waals surface area contributed by atoms with Crippen molar-refractivity contribution in [2.45, 2.75) is 27.7 Å². The highest BCUT2D eigenvalue weighted by atomic mass is 16.6. The zero-order valence-corrected chi connectivity index (χ0v) is 18.4. The molecule has 0 aliphatic heterocycles. The second-order valence-electron chi connectivity index (χ2n) is 6.69. The van der Waals surface area contributed by atoms with Crippen LogP contribution >= 0.6 is 0 Å². The smallest absolute Gasteiger partial charge is 0.361 e. The topological polar surface area (TPSA) is 72.7 Å². The Bertz CT molecular complexity index is 921. The van der Waals surface area contributed by atoms with E-state index < -0.39 is 5.97 Å². The molecule has 0 N–H and O–H groups in total. The number of oxime groups is 1. The summed E-state index contributed by atoms with van der Waals surface area (Å²) < 4.78 is 11.1. The van der Waals surface area contributed by atoms with Crippen molar-refractivity contribution in [1.29, 1.82) is 0 Å². The Labute approximate surface area is 178 Å². The Balaban J connectivity index is 2.21. The standard InChI is InChI=1S/C23H29N3O4/c1-7-26(5)15-24-20-13-17(4)21(14-16(20)3)30-19-11-9-18(10-12-19)22(25-28-6)23(27)29-8-2/h9-15H,7-8H2,1-6H3/b24-15?,25-22+. The van der Waals surface area contributed by atoms with Gasteiger partial charge in [-0.05, 0) is 75.2 Å². The lowest BCUT2D eigenvalue weighted by Crippen LogP contribution is -2.19. The minimum atomic E-state index is -0.538. The summed E-state index contributed by atoms with van der Waals surface area (Å²) in [6, 6.07) is 11.0. The quantitative estimate of drug-likeness (QED) is 0.261. The van der Waals surface area contributed by atoms with Crippen LogP contribution in [0.3, 0.4) is 0 Å². The van der Waals surface area contributed by atoms with Crippen molar-refractivity contribution >= 4 is 23.7 Å². The van der Waals surface area contributed by atoms with Gasteiger partial charge in [0, 0.05) is 19.2 Å². The molecule has 0 heterocycles. The Morgan fingerprint density at radius 2 is 1.80 bits per heavy atom. The minimum absolute atomic E-state index is 0.109. The van der Waals surface area contributed by atoms with E-state index >= 15 is 0 Å². The number of rotatable bonds is 9. The molecule has 0 saturated carbocycles.